The van der Waals surface area contributed by atoms with Gasteiger partial charge in [0, 0.05) is 0 Å². The van der Waals surface area contributed by atoms with E-state index in [4.69, 9.17) is 4.74 Å². The zero-order valence-corrected chi connectivity index (χ0v) is 12.6. The van der Waals surface area contributed by atoms with E-state index in [1.54, 1.807) is 6.92 Å². The Hall–Kier alpha value is -1.82. The van der Waals surface area contributed by atoms with Gasteiger partial charge in [-0.2, -0.15) is 0 Å². The molecule has 1 aromatic carbocycles. The minimum Gasteiger partial charge on any atom is -0.468 e. The smallest absolute Gasteiger partial charge is 0.318 e. The molecule has 106 valence electrons. The number of aryl methyl sites for hydroxylation is 1. The van der Waals surface area contributed by atoms with Gasteiger partial charge in [-0.1, -0.05) is 42.1 Å². The summed E-state index contributed by atoms with van der Waals surface area (Å²) in [5.41, 5.74) is 1.17. The highest BCUT2D eigenvalue weighted by atomic mass is 32.2. The minimum atomic E-state index is -0.307. The Kier molecular flexibility index (Phi) is 4.79. The van der Waals surface area contributed by atoms with Crippen LogP contribution in [0.5, 0.6) is 0 Å². The molecule has 0 spiro atoms. The number of methoxy groups -OCH3 is 1. The first-order valence-corrected chi connectivity index (χ1v) is 7.18. The molecular formula is C14H17N3O2S. The summed E-state index contributed by atoms with van der Waals surface area (Å²) in [4.78, 5) is 11.5. The van der Waals surface area contributed by atoms with Gasteiger partial charge in [0.1, 0.15) is 11.1 Å². The van der Waals surface area contributed by atoms with E-state index in [0.717, 1.165) is 11.0 Å². The zero-order chi connectivity index (χ0) is 14.5. The number of carbonyl (C=O) groups excluding carboxylic acids is 1. The van der Waals surface area contributed by atoms with Crippen molar-refractivity contribution < 1.29 is 9.53 Å². The van der Waals surface area contributed by atoms with Gasteiger partial charge in [-0.25, -0.2) is 0 Å². The van der Waals surface area contributed by atoms with Gasteiger partial charge >= 0.3 is 5.97 Å². The lowest BCUT2D eigenvalue weighted by atomic mass is 10.2. The number of carbonyl (C=O) groups is 1. The highest BCUT2D eigenvalue weighted by Gasteiger charge is 2.19. The highest BCUT2D eigenvalue weighted by Crippen LogP contribution is 2.23. The minimum absolute atomic E-state index is 0.262. The first kappa shape index (κ1) is 14.6. The highest BCUT2D eigenvalue weighted by molar-refractivity contribution is 8.00. The predicted octanol–water partition coefficient (Wildman–Crippen LogP) is 2.29. The SMILES string of the molecule is COC(=O)C(C)Sc1nnc(C)n1Cc1ccccc1. The average molecular weight is 291 g/mol. The van der Waals surface area contributed by atoms with Crippen molar-refractivity contribution in [1.29, 1.82) is 0 Å². The van der Waals surface area contributed by atoms with Crippen LogP contribution in [0.25, 0.3) is 0 Å². The van der Waals surface area contributed by atoms with Gasteiger partial charge in [-0.05, 0) is 19.4 Å². The number of rotatable bonds is 5. The Bertz CT molecular complexity index is 583. The van der Waals surface area contributed by atoms with E-state index in [0.29, 0.717) is 6.54 Å². The quantitative estimate of drug-likeness (QED) is 0.625. The lowest BCUT2D eigenvalue weighted by Gasteiger charge is -2.11. The van der Waals surface area contributed by atoms with Crippen LogP contribution in [0.2, 0.25) is 0 Å². The van der Waals surface area contributed by atoms with Crippen molar-refractivity contribution >= 4 is 17.7 Å². The molecule has 1 heterocycles. The van der Waals surface area contributed by atoms with E-state index in [1.165, 1.54) is 24.4 Å². The van der Waals surface area contributed by atoms with Gasteiger partial charge in [0.15, 0.2) is 5.16 Å². The molecule has 0 saturated heterocycles. The van der Waals surface area contributed by atoms with Crippen molar-refractivity contribution in [1.82, 2.24) is 14.8 Å². The summed E-state index contributed by atoms with van der Waals surface area (Å²) in [6, 6.07) is 10.1. The van der Waals surface area contributed by atoms with E-state index in [9.17, 15) is 4.79 Å². The van der Waals surface area contributed by atoms with Crippen LogP contribution in [-0.2, 0) is 16.1 Å². The maximum absolute atomic E-state index is 11.5. The summed E-state index contributed by atoms with van der Waals surface area (Å²) >= 11 is 1.36. The van der Waals surface area contributed by atoms with Crippen molar-refractivity contribution in [2.75, 3.05) is 7.11 Å². The van der Waals surface area contributed by atoms with Crippen molar-refractivity contribution in [3.05, 3.63) is 41.7 Å². The lowest BCUT2D eigenvalue weighted by molar-refractivity contribution is -0.139. The Morgan fingerprint density at radius 2 is 2.05 bits per heavy atom. The first-order chi connectivity index (χ1) is 9.61. The van der Waals surface area contributed by atoms with Crippen molar-refractivity contribution in [2.45, 2.75) is 30.8 Å². The van der Waals surface area contributed by atoms with Gasteiger partial charge in [-0.3, -0.25) is 4.79 Å². The van der Waals surface area contributed by atoms with Crippen LogP contribution in [0.15, 0.2) is 35.5 Å². The second-order valence-electron chi connectivity index (χ2n) is 4.38. The van der Waals surface area contributed by atoms with E-state index in [-0.39, 0.29) is 11.2 Å². The molecule has 0 fully saturated rings. The fourth-order valence-electron chi connectivity index (χ4n) is 1.77. The van der Waals surface area contributed by atoms with Gasteiger partial charge in [-0.15, -0.1) is 10.2 Å². The fraction of sp³-hybridized carbons (Fsp3) is 0.357. The summed E-state index contributed by atoms with van der Waals surface area (Å²) in [6.07, 6.45) is 0. The Balaban J connectivity index is 2.17. The van der Waals surface area contributed by atoms with Crippen molar-refractivity contribution in [3.63, 3.8) is 0 Å². The number of ether oxygens (including phenoxy) is 1. The molecule has 1 unspecified atom stereocenters. The van der Waals surface area contributed by atoms with Crippen LogP contribution in [-0.4, -0.2) is 33.1 Å². The standard InChI is InChI=1S/C14H17N3O2S/c1-10(13(18)19-3)20-14-16-15-11(2)17(14)9-12-7-5-4-6-8-12/h4-8,10H,9H2,1-3H3. The lowest BCUT2D eigenvalue weighted by Crippen LogP contribution is -2.16. The number of hydrogen-bond donors (Lipinski definition) is 0. The molecule has 1 atom stereocenters. The maximum atomic E-state index is 11.5. The van der Waals surface area contributed by atoms with Gasteiger partial charge in [0.05, 0.1) is 13.7 Å². The van der Waals surface area contributed by atoms with E-state index >= 15 is 0 Å². The maximum Gasteiger partial charge on any atom is 0.318 e. The molecule has 0 saturated carbocycles. The van der Waals surface area contributed by atoms with Crippen molar-refractivity contribution in [3.8, 4) is 0 Å². The molecule has 20 heavy (non-hydrogen) atoms. The normalized spacial score (nSPS) is 12.2. The van der Waals surface area contributed by atoms with Crippen LogP contribution < -0.4 is 0 Å². The summed E-state index contributed by atoms with van der Waals surface area (Å²) in [5, 5.41) is 8.65. The average Bonchev–Trinajstić information content (AvgIpc) is 2.80. The number of aromatic nitrogens is 3. The van der Waals surface area contributed by atoms with E-state index in [2.05, 4.69) is 22.3 Å². The molecule has 1 aromatic heterocycles. The summed E-state index contributed by atoms with van der Waals surface area (Å²) in [5.74, 6) is 0.565. The van der Waals surface area contributed by atoms with Crippen LogP contribution in [0.4, 0.5) is 0 Å². The third-order valence-electron chi connectivity index (χ3n) is 2.90. The Labute approximate surface area is 122 Å². The van der Waals surface area contributed by atoms with Gasteiger partial charge in [0.25, 0.3) is 0 Å². The summed E-state index contributed by atoms with van der Waals surface area (Å²) < 4.78 is 6.73. The first-order valence-electron chi connectivity index (χ1n) is 6.30. The Morgan fingerprint density at radius 1 is 1.35 bits per heavy atom. The number of thioether (sulfide) groups is 1. The van der Waals surface area contributed by atoms with Crippen LogP contribution in [0, 0.1) is 6.92 Å². The molecule has 6 heteroatoms. The second kappa shape index (κ2) is 6.56. The molecule has 5 nitrogen and oxygen atoms in total. The number of hydrogen-bond acceptors (Lipinski definition) is 5. The van der Waals surface area contributed by atoms with Gasteiger partial charge in [0.2, 0.25) is 0 Å². The third-order valence-corrected chi connectivity index (χ3v) is 3.96. The molecule has 0 aliphatic carbocycles. The zero-order valence-electron chi connectivity index (χ0n) is 11.7. The summed E-state index contributed by atoms with van der Waals surface area (Å²) in [6.45, 7) is 4.39. The monoisotopic (exact) mass is 291 g/mol. The number of benzene rings is 1. The molecule has 0 N–H and O–H groups in total. The molecule has 0 bridgehead atoms. The number of esters is 1. The van der Waals surface area contributed by atoms with E-state index in [1.807, 2.05) is 29.7 Å². The molecule has 0 aliphatic heterocycles. The Morgan fingerprint density at radius 3 is 2.70 bits per heavy atom. The predicted molar refractivity (Wildman–Crippen MR) is 77.6 cm³/mol. The third kappa shape index (κ3) is 3.39. The molecule has 0 aliphatic rings. The fourth-order valence-corrected chi connectivity index (χ4v) is 2.69. The largest absolute Gasteiger partial charge is 0.468 e. The van der Waals surface area contributed by atoms with Crippen LogP contribution >= 0.6 is 11.8 Å². The molecule has 2 rings (SSSR count). The summed E-state index contributed by atoms with van der Waals surface area (Å²) in [7, 11) is 1.39. The van der Waals surface area contributed by atoms with Crippen molar-refractivity contribution in [2.24, 2.45) is 0 Å². The molecule has 2 aromatic rings. The molecule has 0 radical (unpaired) electrons. The van der Waals surface area contributed by atoms with Gasteiger partial charge < -0.3 is 9.30 Å². The molecule has 0 amide bonds. The molecular weight excluding hydrogens is 274 g/mol. The number of nitrogens with zero attached hydrogens (tertiary/aromatic N) is 3. The van der Waals surface area contributed by atoms with Crippen LogP contribution in [0.3, 0.4) is 0 Å². The van der Waals surface area contributed by atoms with Crippen LogP contribution in [0.1, 0.15) is 18.3 Å². The van der Waals surface area contributed by atoms with E-state index < -0.39 is 0 Å². The topological polar surface area (TPSA) is 57.0 Å². The second-order valence-corrected chi connectivity index (χ2v) is 5.69.